The Hall–Kier alpha value is -3.29. The van der Waals surface area contributed by atoms with E-state index in [2.05, 4.69) is 40.3 Å². The van der Waals surface area contributed by atoms with E-state index < -0.39 is 0 Å². The van der Waals surface area contributed by atoms with Gasteiger partial charge in [0.05, 0.1) is 17.7 Å². The molecule has 1 amide bonds. The van der Waals surface area contributed by atoms with E-state index >= 15 is 0 Å². The minimum Gasteiger partial charge on any atom is -0.381 e. The summed E-state index contributed by atoms with van der Waals surface area (Å²) in [5, 5.41) is 0. The van der Waals surface area contributed by atoms with Gasteiger partial charge in [-0.05, 0) is 49.3 Å². The number of pyridine rings is 2. The summed E-state index contributed by atoms with van der Waals surface area (Å²) in [5.74, 6) is 1.44. The van der Waals surface area contributed by atoms with Crippen LogP contribution in [0.15, 0.2) is 35.3 Å². The molecule has 0 spiro atoms. The summed E-state index contributed by atoms with van der Waals surface area (Å²) in [6.07, 6.45) is 13.5. The highest BCUT2D eigenvalue weighted by molar-refractivity contribution is 7.79. The van der Waals surface area contributed by atoms with Crippen LogP contribution in [0.5, 0.6) is 0 Å². The van der Waals surface area contributed by atoms with E-state index in [4.69, 9.17) is 9.72 Å². The van der Waals surface area contributed by atoms with Crippen LogP contribution < -0.4 is 10.6 Å². The molecule has 3 aromatic rings. The molecule has 34 heavy (non-hydrogen) atoms. The summed E-state index contributed by atoms with van der Waals surface area (Å²) in [5.41, 5.74) is 1.41. The maximum Gasteiger partial charge on any atom is 0.333 e. The number of imidazole rings is 1. The molecule has 2 aliphatic rings. The first-order valence-corrected chi connectivity index (χ1v) is 11.9. The number of aromatic nitrogens is 4. The minimum atomic E-state index is -0.305. The van der Waals surface area contributed by atoms with Gasteiger partial charge in [0.1, 0.15) is 11.6 Å². The number of fused-ring (bicyclic) bond motifs is 2. The molecule has 0 bridgehead atoms. The number of H-pyrrole nitrogens is 1. The number of anilines is 1. The Kier molecular flexibility index (Phi) is 8.73. The lowest BCUT2D eigenvalue weighted by Crippen LogP contribution is -2.37. The van der Waals surface area contributed by atoms with Crippen LogP contribution in [-0.2, 0) is 4.74 Å². The second-order valence-corrected chi connectivity index (χ2v) is 7.93. The topological polar surface area (TPSA) is 96.3 Å². The smallest absolute Gasteiger partial charge is 0.333 e. The monoisotopic (exact) mass is 482 g/mol. The van der Waals surface area contributed by atoms with Crippen molar-refractivity contribution < 1.29 is 9.53 Å². The third-order valence-electron chi connectivity index (χ3n) is 5.86. The van der Waals surface area contributed by atoms with Gasteiger partial charge in [0.2, 0.25) is 0 Å². The zero-order chi connectivity index (χ0) is 24.7. The number of hydrogen-bond donors (Lipinski definition) is 2. The number of aromatic amines is 1. The molecular weight excluding hydrogens is 452 g/mol. The largest absolute Gasteiger partial charge is 0.381 e. The number of thiol groups is 1. The fourth-order valence-corrected chi connectivity index (χ4v) is 4.26. The van der Waals surface area contributed by atoms with Gasteiger partial charge in [-0.25, -0.2) is 19.3 Å². The predicted molar refractivity (Wildman–Crippen MR) is 137 cm³/mol. The molecule has 0 saturated carbocycles. The summed E-state index contributed by atoms with van der Waals surface area (Å²) in [7, 11) is 1.81. The standard InChI is InChI=1S/C21H24N6O3.C2H2.CH4S/c1-25-9-10-26(12-14-4-3-11-30-13-14)19-15(20(25)28)6-7-17(23-19)27-16-5-2-8-22-18(16)24-21(27)29;2*1-2/h2,5-8,14H,3-4,9-13H2,1H3,(H,22,24,29);1-2H;2H,1H3. The van der Waals surface area contributed by atoms with E-state index in [1.165, 1.54) is 4.57 Å². The second-order valence-electron chi connectivity index (χ2n) is 7.93. The molecule has 1 unspecified atom stereocenters. The number of hydrogen-bond acceptors (Lipinski definition) is 7. The number of nitrogens with one attached hydrogen (secondary N) is 1. The maximum absolute atomic E-state index is 12.9. The molecule has 1 fully saturated rings. The highest BCUT2D eigenvalue weighted by Crippen LogP contribution is 2.27. The van der Waals surface area contributed by atoms with E-state index in [0.717, 1.165) is 32.6 Å². The van der Waals surface area contributed by atoms with Crippen LogP contribution >= 0.6 is 12.6 Å². The van der Waals surface area contributed by atoms with Crippen molar-refractivity contribution in [3.05, 3.63) is 46.5 Å². The molecule has 5 rings (SSSR count). The molecule has 9 nitrogen and oxygen atoms in total. The number of nitrogens with zero attached hydrogens (tertiary/aromatic N) is 5. The van der Waals surface area contributed by atoms with Crippen molar-refractivity contribution in [3.8, 4) is 18.7 Å². The quantitative estimate of drug-likeness (QED) is 0.439. The zero-order valence-electron chi connectivity index (χ0n) is 19.5. The van der Waals surface area contributed by atoms with Crippen molar-refractivity contribution >= 4 is 35.5 Å². The molecule has 0 aromatic carbocycles. The van der Waals surface area contributed by atoms with Gasteiger partial charge in [0, 0.05) is 39.5 Å². The third kappa shape index (κ3) is 5.11. The SMILES string of the molecule is C#C.CN1CCN(CC2CCCOC2)c2nc(-n3c(=O)[nH]c4ncccc43)ccc2C1=O.CS. The number of carbonyl (C=O) groups is 1. The summed E-state index contributed by atoms with van der Waals surface area (Å²) in [4.78, 5) is 41.2. The lowest BCUT2D eigenvalue weighted by molar-refractivity contribution is 0.0571. The Morgan fingerprint density at radius 3 is 2.74 bits per heavy atom. The Balaban J connectivity index is 0.000000771. The molecule has 0 aliphatic carbocycles. The molecule has 5 heterocycles. The number of carbonyl (C=O) groups excluding carboxylic acids is 1. The number of ether oxygens (including phenoxy) is 1. The summed E-state index contributed by atoms with van der Waals surface area (Å²) >= 11 is 3.53. The van der Waals surface area contributed by atoms with Crippen LogP contribution in [0.4, 0.5) is 5.82 Å². The van der Waals surface area contributed by atoms with Crippen molar-refractivity contribution in [1.82, 2.24) is 24.4 Å². The van der Waals surface area contributed by atoms with Crippen LogP contribution in [0.1, 0.15) is 23.2 Å². The molecule has 1 N–H and O–H groups in total. The van der Waals surface area contributed by atoms with Gasteiger partial charge in [-0.15, -0.1) is 12.8 Å². The van der Waals surface area contributed by atoms with Crippen LogP contribution in [0.25, 0.3) is 17.0 Å². The zero-order valence-corrected chi connectivity index (χ0v) is 20.4. The van der Waals surface area contributed by atoms with Gasteiger partial charge in [-0.1, -0.05) is 0 Å². The normalized spacial score (nSPS) is 17.7. The van der Waals surface area contributed by atoms with Crippen LogP contribution in [0.2, 0.25) is 0 Å². The molecule has 1 atom stereocenters. The van der Waals surface area contributed by atoms with Crippen molar-refractivity contribution in [3.63, 3.8) is 0 Å². The van der Waals surface area contributed by atoms with Gasteiger partial charge in [-0.2, -0.15) is 12.6 Å². The minimum absolute atomic E-state index is 0.0561. The molecule has 3 aromatic heterocycles. The first-order valence-electron chi connectivity index (χ1n) is 11.0. The van der Waals surface area contributed by atoms with Gasteiger partial charge in [-0.3, -0.25) is 9.78 Å². The number of terminal acetylenes is 1. The van der Waals surface area contributed by atoms with E-state index in [0.29, 0.717) is 47.4 Å². The lowest BCUT2D eigenvalue weighted by Gasteiger charge is -2.30. The van der Waals surface area contributed by atoms with E-state index in [1.54, 1.807) is 35.6 Å². The van der Waals surface area contributed by atoms with Crippen LogP contribution in [0, 0.1) is 18.8 Å². The van der Waals surface area contributed by atoms with Crippen molar-refractivity contribution in [2.24, 2.45) is 5.92 Å². The van der Waals surface area contributed by atoms with E-state index in [9.17, 15) is 9.59 Å². The Labute approximate surface area is 204 Å². The predicted octanol–water partition coefficient (Wildman–Crippen LogP) is 2.22. The average Bonchev–Trinajstić information content (AvgIpc) is 3.18. The molecule has 2 aliphatic heterocycles. The summed E-state index contributed by atoms with van der Waals surface area (Å²) in [6.45, 7) is 3.62. The highest BCUT2D eigenvalue weighted by Gasteiger charge is 2.28. The highest BCUT2D eigenvalue weighted by atomic mass is 32.1. The lowest BCUT2D eigenvalue weighted by atomic mass is 10.0. The second kappa shape index (κ2) is 11.7. The van der Waals surface area contributed by atoms with Gasteiger partial charge >= 0.3 is 5.69 Å². The summed E-state index contributed by atoms with van der Waals surface area (Å²) < 4.78 is 7.15. The summed E-state index contributed by atoms with van der Waals surface area (Å²) in [6, 6.07) is 7.10. The van der Waals surface area contributed by atoms with E-state index in [1.807, 2.05) is 13.1 Å². The molecule has 0 radical (unpaired) electrons. The number of rotatable bonds is 3. The average molecular weight is 483 g/mol. The van der Waals surface area contributed by atoms with Crippen LogP contribution in [-0.4, -0.2) is 76.5 Å². The van der Waals surface area contributed by atoms with Crippen molar-refractivity contribution in [1.29, 1.82) is 0 Å². The molecular formula is C24H30N6O3S. The Morgan fingerprint density at radius 2 is 2.00 bits per heavy atom. The van der Waals surface area contributed by atoms with Gasteiger partial charge in [0.15, 0.2) is 5.65 Å². The fourth-order valence-electron chi connectivity index (χ4n) is 4.26. The first-order chi connectivity index (χ1) is 16.6. The number of likely N-dealkylation sites (N-methyl/N-ethyl adjacent to an activating group) is 1. The maximum atomic E-state index is 12.9. The molecule has 180 valence electrons. The molecule has 1 saturated heterocycles. The fraction of sp³-hybridized carbons (Fsp3) is 0.417. The van der Waals surface area contributed by atoms with Gasteiger partial charge in [0.25, 0.3) is 5.91 Å². The Morgan fingerprint density at radius 1 is 1.21 bits per heavy atom. The van der Waals surface area contributed by atoms with E-state index in [-0.39, 0.29) is 11.6 Å². The van der Waals surface area contributed by atoms with Gasteiger partial charge < -0.3 is 14.5 Å². The first kappa shape index (κ1) is 25.3. The van der Waals surface area contributed by atoms with Crippen molar-refractivity contribution in [2.75, 3.05) is 51.1 Å². The number of amides is 1. The van der Waals surface area contributed by atoms with Crippen molar-refractivity contribution in [2.45, 2.75) is 12.8 Å². The third-order valence-corrected chi connectivity index (χ3v) is 5.86. The molecule has 10 heteroatoms. The Bertz CT molecular complexity index is 1200. The van der Waals surface area contributed by atoms with Crippen LogP contribution in [0.3, 0.4) is 0 Å².